The van der Waals surface area contributed by atoms with Gasteiger partial charge in [-0.25, -0.2) is 4.79 Å². The molecule has 3 N–H and O–H groups in total. The van der Waals surface area contributed by atoms with E-state index in [0.29, 0.717) is 10.6 Å². The van der Waals surface area contributed by atoms with E-state index in [-0.39, 0.29) is 10.4 Å². The molecule has 0 bridgehead atoms. The van der Waals surface area contributed by atoms with Crippen LogP contribution in [0.2, 0.25) is 0 Å². The predicted molar refractivity (Wildman–Crippen MR) is 71.0 cm³/mol. The van der Waals surface area contributed by atoms with Gasteiger partial charge < -0.3 is 15.4 Å². The Kier molecular flexibility index (Phi) is 3.48. The number of aromatic amines is 1. The average molecular weight is 278 g/mol. The second-order valence-corrected chi connectivity index (χ2v) is 4.86. The van der Waals surface area contributed by atoms with E-state index in [1.807, 2.05) is 0 Å². The zero-order valence-corrected chi connectivity index (χ0v) is 10.7. The lowest BCUT2D eigenvalue weighted by Crippen LogP contribution is -2.20. The maximum atomic E-state index is 11.9. The van der Waals surface area contributed by atoms with E-state index in [0.717, 1.165) is 11.3 Å². The Bertz CT molecular complexity index is 702. The molecule has 0 unspecified atom stereocenters. The third-order valence-corrected chi connectivity index (χ3v) is 3.56. The number of aryl methyl sites for hydroxylation is 1. The molecule has 2 aromatic heterocycles. The highest BCUT2D eigenvalue weighted by Crippen LogP contribution is 2.26. The summed E-state index contributed by atoms with van der Waals surface area (Å²) in [7, 11) is 0. The van der Waals surface area contributed by atoms with Crippen LogP contribution in [0, 0.1) is 6.92 Å². The fourth-order valence-corrected chi connectivity index (χ4v) is 2.44. The molecule has 0 aliphatic rings. The molecule has 0 saturated heterocycles. The standard InChI is InChI=1S/C12H10N2O4S/c1-6-4-9(19-10(6)12(17)18)14-11(16)7-5-13-3-2-8(7)15/h2-5H,1H3,(H,13,15)(H,14,16)(H,17,18). The summed E-state index contributed by atoms with van der Waals surface area (Å²) >= 11 is 0.953. The van der Waals surface area contributed by atoms with E-state index in [9.17, 15) is 14.4 Å². The van der Waals surface area contributed by atoms with Gasteiger partial charge in [0.2, 0.25) is 0 Å². The van der Waals surface area contributed by atoms with Crippen LogP contribution in [0.25, 0.3) is 0 Å². The lowest BCUT2D eigenvalue weighted by atomic mass is 10.2. The molecule has 6 nitrogen and oxygen atoms in total. The second kappa shape index (κ2) is 5.07. The van der Waals surface area contributed by atoms with Crippen LogP contribution in [0.4, 0.5) is 5.00 Å². The minimum atomic E-state index is -1.04. The number of anilines is 1. The van der Waals surface area contributed by atoms with Crippen LogP contribution in [-0.2, 0) is 0 Å². The molecule has 2 aromatic rings. The summed E-state index contributed by atoms with van der Waals surface area (Å²) in [5.41, 5.74) is 0.142. The highest BCUT2D eigenvalue weighted by Gasteiger charge is 2.15. The topological polar surface area (TPSA) is 99.3 Å². The Hall–Kier alpha value is -2.41. The van der Waals surface area contributed by atoms with E-state index in [1.54, 1.807) is 13.0 Å². The smallest absolute Gasteiger partial charge is 0.346 e. The molecule has 98 valence electrons. The minimum Gasteiger partial charge on any atom is -0.477 e. The van der Waals surface area contributed by atoms with Crippen molar-refractivity contribution in [2.75, 3.05) is 5.32 Å². The monoisotopic (exact) mass is 278 g/mol. The Morgan fingerprint density at radius 2 is 2.16 bits per heavy atom. The lowest BCUT2D eigenvalue weighted by molar-refractivity contribution is 0.0701. The first-order valence-corrected chi connectivity index (χ1v) is 6.13. The van der Waals surface area contributed by atoms with Crippen molar-refractivity contribution in [3.05, 3.63) is 50.8 Å². The van der Waals surface area contributed by atoms with E-state index in [2.05, 4.69) is 10.3 Å². The Balaban J connectivity index is 2.25. The number of aromatic nitrogens is 1. The van der Waals surface area contributed by atoms with Crippen molar-refractivity contribution in [1.82, 2.24) is 4.98 Å². The summed E-state index contributed by atoms with van der Waals surface area (Å²) in [6.45, 7) is 1.64. The summed E-state index contributed by atoms with van der Waals surface area (Å²) in [6.07, 6.45) is 2.73. The van der Waals surface area contributed by atoms with Crippen molar-refractivity contribution in [3.63, 3.8) is 0 Å². The van der Waals surface area contributed by atoms with Gasteiger partial charge in [0.15, 0.2) is 5.43 Å². The zero-order chi connectivity index (χ0) is 14.0. The molecule has 0 radical (unpaired) electrons. The highest BCUT2D eigenvalue weighted by atomic mass is 32.1. The Morgan fingerprint density at radius 1 is 1.42 bits per heavy atom. The van der Waals surface area contributed by atoms with Crippen molar-refractivity contribution in [1.29, 1.82) is 0 Å². The SMILES string of the molecule is Cc1cc(NC(=O)c2c[nH]ccc2=O)sc1C(=O)O. The summed E-state index contributed by atoms with van der Waals surface area (Å²) in [6, 6.07) is 2.81. The maximum Gasteiger partial charge on any atom is 0.346 e. The zero-order valence-electron chi connectivity index (χ0n) is 9.89. The summed E-state index contributed by atoms with van der Waals surface area (Å²) < 4.78 is 0. The van der Waals surface area contributed by atoms with Crippen LogP contribution in [0.3, 0.4) is 0 Å². The van der Waals surface area contributed by atoms with Gasteiger partial charge >= 0.3 is 5.97 Å². The summed E-state index contributed by atoms with van der Waals surface area (Å²) in [5.74, 6) is -1.61. The number of rotatable bonds is 3. The van der Waals surface area contributed by atoms with Crippen molar-refractivity contribution >= 4 is 28.2 Å². The fourth-order valence-electron chi connectivity index (χ4n) is 1.53. The largest absolute Gasteiger partial charge is 0.477 e. The van der Waals surface area contributed by atoms with Crippen LogP contribution >= 0.6 is 11.3 Å². The number of hydrogen-bond acceptors (Lipinski definition) is 4. The quantitative estimate of drug-likeness (QED) is 0.795. The molecule has 19 heavy (non-hydrogen) atoms. The number of carbonyl (C=O) groups excluding carboxylic acids is 1. The molecule has 0 saturated carbocycles. The molecule has 0 spiro atoms. The third-order valence-electron chi connectivity index (χ3n) is 2.42. The highest BCUT2D eigenvalue weighted by molar-refractivity contribution is 7.18. The van der Waals surface area contributed by atoms with E-state index in [4.69, 9.17) is 5.11 Å². The predicted octanol–water partition coefficient (Wildman–Crippen LogP) is 1.70. The van der Waals surface area contributed by atoms with Gasteiger partial charge in [-0.1, -0.05) is 0 Å². The first kappa shape index (κ1) is 13.0. The van der Waals surface area contributed by atoms with E-state index < -0.39 is 17.3 Å². The van der Waals surface area contributed by atoms with Crippen LogP contribution in [-0.4, -0.2) is 22.0 Å². The molecule has 1 amide bonds. The first-order valence-electron chi connectivity index (χ1n) is 5.31. The number of pyridine rings is 1. The van der Waals surface area contributed by atoms with Crippen molar-refractivity contribution in [2.45, 2.75) is 6.92 Å². The number of carboxylic acids is 1. The Labute approximate surface area is 111 Å². The number of carboxylic acid groups (broad SMARTS) is 1. The number of amides is 1. The Morgan fingerprint density at radius 3 is 2.74 bits per heavy atom. The van der Waals surface area contributed by atoms with Gasteiger partial charge in [0.1, 0.15) is 10.4 Å². The van der Waals surface area contributed by atoms with Gasteiger partial charge in [-0.3, -0.25) is 9.59 Å². The molecule has 0 aliphatic carbocycles. The molecule has 0 atom stereocenters. The van der Waals surface area contributed by atoms with Crippen LogP contribution in [0.5, 0.6) is 0 Å². The number of H-pyrrole nitrogens is 1. The molecule has 2 rings (SSSR count). The normalized spacial score (nSPS) is 10.2. The molecule has 7 heteroatoms. The van der Waals surface area contributed by atoms with E-state index in [1.165, 1.54) is 18.5 Å². The number of carbonyl (C=O) groups is 2. The third kappa shape index (κ3) is 2.71. The average Bonchev–Trinajstić information content (AvgIpc) is 2.70. The van der Waals surface area contributed by atoms with Crippen LogP contribution in [0.1, 0.15) is 25.6 Å². The van der Waals surface area contributed by atoms with Crippen LogP contribution < -0.4 is 10.7 Å². The molecule has 0 aliphatic heterocycles. The van der Waals surface area contributed by atoms with Gasteiger partial charge in [0.25, 0.3) is 5.91 Å². The number of nitrogens with one attached hydrogen (secondary N) is 2. The van der Waals surface area contributed by atoms with Crippen LogP contribution in [0.15, 0.2) is 29.3 Å². The van der Waals surface area contributed by atoms with Crippen molar-refractivity contribution in [3.8, 4) is 0 Å². The van der Waals surface area contributed by atoms with Gasteiger partial charge in [-0.2, -0.15) is 0 Å². The molecule has 0 aromatic carbocycles. The molecular weight excluding hydrogens is 268 g/mol. The van der Waals surface area contributed by atoms with Gasteiger partial charge in [-0.15, -0.1) is 11.3 Å². The molecule has 2 heterocycles. The second-order valence-electron chi connectivity index (χ2n) is 3.80. The molecular formula is C12H10N2O4S. The maximum absolute atomic E-state index is 11.9. The summed E-state index contributed by atoms with van der Waals surface area (Å²) in [4.78, 5) is 37.0. The molecule has 0 fully saturated rings. The van der Waals surface area contributed by atoms with E-state index >= 15 is 0 Å². The number of hydrogen-bond donors (Lipinski definition) is 3. The number of thiophene rings is 1. The minimum absolute atomic E-state index is 0.0228. The van der Waals surface area contributed by atoms with Gasteiger partial charge in [0.05, 0.1) is 5.00 Å². The van der Waals surface area contributed by atoms with Crippen molar-refractivity contribution in [2.24, 2.45) is 0 Å². The number of aromatic carboxylic acids is 1. The van der Waals surface area contributed by atoms with Crippen molar-refractivity contribution < 1.29 is 14.7 Å². The first-order chi connectivity index (χ1) is 8.99. The lowest BCUT2D eigenvalue weighted by Gasteiger charge is -2.00. The van der Waals surface area contributed by atoms with Gasteiger partial charge in [-0.05, 0) is 18.6 Å². The summed E-state index contributed by atoms with van der Waals surface area (Å²) in [5, 5.41) is 11.8. The fraction of sp³-hybridized carbons (Fsp3) is 0.0833. The van der Waals surface area contributed by atoms with Gasteiger partial charge in [0, 0.05) is 18.5 Å².